The maximum atomic E-state index is 13.6. The van der Waals surface area contributed by atoms with Gasteiger partial charge in [-0.1, -0.05) is 58.6 Å². The molecule has 3 amide bonds. The average molecular weight is 505 g/mol. The molecule has 0 spiro atoms. The van der Waals surface area contributed by atoms with Crippen LogP contribution in [0.3, 0.4) is 0 Å². The lowest BCUT2D eigenvalue weighted by molar-refractivity contribution is -0.155. The third-order valence-electron chi connectivity index (χ3n) is 7.40. The third kappa shape index (κ3) is 8.00. The number of rotatable bonds is 11. The summed E-state index contributed by atoms with van der Waals surface area (Å²) >= 11 is 0. The Balaban J connectivity index is 1.61. The molecule has 9 heteroatoms. The highest BCUT2D eigenvalue weighted by Gasteiger charge is 2.39. The highest BCUT2D eigenvalue weighted by molar-refractivity contribution is 5.89. The Labute approximate surface area is 213 Å². The number of carbonyl (C=O) groups excluding carboxylic acids is 3. The molecule has 36 heavy (non-hydrogen) atoms. The molecule has 1 saturated heterocycles. The van der Waals surface area contributed by atoms with E-state index < -0.39 is 17.4 Å². The minimum atomic E-state index is -0.727. The second-order valence-electron chi connectivity index (χ2n) is 11.4. The number of likely N-dealkylation sites (tertiary alicyclic amines) is 1. The number of nitrogens with zero attached hydrogens (tertiary/aromatic N) is 2. The molecule has 3 atom stereocenters. The van der Waals surface area contributed by atoms with Crippen molar-refractivity contribution in [3.05, 3.63) is 35.6 Å². The van der Waals surface area contributed by atoms with Crippen molar-refractivity contribution in [2.45, 2.75) is 77.9 Å². The van der Waals surface area contributed by atoms with Crippen LogP contribution in [0.15, 0.2) is 24.3 Å². The molecule has 3 rings (SSSR count). The molecule has 3 N–H and O–H groups in total. The predicted molar refractivity (Wildman–Crippen MR) is 134 cm³/mol. The first kappa shape index (κ1) is 28.1. The molecule has 1 heterocycles. The second kappa shape index (κ2) is 12.6. The molecule has 0 unspecified atom stereocenters. The van der Waals surface area contributed by atoms with Crippen molar-refractivity contribution >= 4 is 18.2 Å². The van der Waals surface area contributed by atoms with Gasteiger partial charge in [-0.2, -0.15) is 0 Å². The molecule has 200 valence electrons. The Kier molecular flexibility index (Phi) is 9.84. The Bertz CT molecular complexity index is 883. The number of halogens is 1. The molecular formula is C27H41FN4O4. The van der Waals surface area contributed by atoms with Gasteiger partial charge in [-0.05, 0) is 41.9 Å². The second-order valence-corrected chi connectivity index (χ2v) is 11.4. The lowest BCUT2D eigenvalue weighted by Gasteiger charge is -2.35. The van der Waals surface area contributed by atoms with Crippen molar-refractivity contribution < 1.29 is 24.0 Å². The Morgan fingerprint density at radius 3 is 2.47 bits per heavy atom. The molecule has 1 aromatic rings. The van der Waals surface area contributed by atoms with E-state index in [4.69, 9.17) is 0 Å². The van der Waals surface area contributed by atoms with E-state index in [1.807, 2.05) is 20.8 Å². The van der Waals surface area contributed by atoms with Gasteiger partial charge in [0.1, 0.15) is 11.9 Å². The lowest BCUT2D eigenvalue weighted by Crippen LogP contribution is -2.56. The van der Waals surface area contributed by atoms with Crippen LogP contribution in [0.25, 0.3) is 0 Å². The minimum absolute atomic E-state index is 0.0873. The highest BCUT2D eigenvalue weighted by atomic mass is 19.1. The zero-order valence-corrected chi connectivity index (χ0v) is 21.7. The van der Waals surface area contributed by atoms with Crippen molar-refractivity contribution in [1.29, 1.82) is 0 Å². The first-order chi connectivity index (χ1) is 17.1. The van der Waals surface area contributed by atoms with Crippen molar-refractivity contribution in [3.8, 4) is 0 Å². The maximum Gasteiger partial charge on any atom is 0.245 e. The number of carbonyl (C=O) groups is 3. The van der Waals surface area contributed by atoms with Crippen LogP contribution in [-0.4, -0.2) is 65.1 Å². The van der Waals surface area contributed by atoms with Gasteiger partial charge in [0.15, 0.2) is 0 Å². The molecule has 1 aliphatic heterocycles. The molecule has 0 aromatic heterocycles. The first-order valence-electron chi connectivity index (χ1n) is 13.0. The monoisotopic (exact) mass is 504 g/mol. The molecule has 2 fully saturated rings. The summed E-state index contributed by atoms with van der Waals surface area (Å²) < 4.78 is 13.1. The van der Waals surface area contributed by atoms with Gasteiger partial charge in [-0.25, -0.2) is 9.45 Å². The predicted octanol–water partition coefficient (Wildman–Crippen LogP) is 3.09. The molecular weight excluding hydrogens is 463 g/mol. The van der Waals surface area contributed by atoms with E-state index in [0.29, 0.717) is 43.4 Å². The maximum absolute atomic E-state index is 13.6. The van der Waals surface area contributed by atoms with Gasteiger partial charge >= 0.3 is 0 Å². The fourth-order valence-corrected chi connectivity index (χ4v) is 5.26. The standard InChI is InChI=1S/C27H41FN4O4/c1-27(2,3)24(30-25(34)21(16-32(36)18-33)14-19-6-4-5-7-19)26(35)31-13-12-23(17-31)29-15-20-8-10-22(28)11-9-20/h8-11,18-19,21,23-24,29,36H,4-7,12-17H2,1-3H3,(H,30,34)/t21-,23+,24-/m1/s1. The SMILES string of the molecule is CC(C)(C)[C@H](NC(=O)[C@H](CC1CCCC1)CN(O)C=O)C(=O)N1CC[C@H](NCc2ccc(F)cc2)C1. The van der Waals surface area contributed by atoms with Crippen molar-refractivity contribution in [2.24, 2.45) is 17.3 Å². The molecule has 2 aliphatic rings. The number of hydrogen-bond donors (Lipinski definition) is 3. The molecule has 1 aromatic carbocycles. The molecule has 1 saturated carbocycles. The lowest BCUT2D eigenvalue weighted by atomic mass is 9.84. The van der Waals surface area contributed by atoms with E-state index in [1.165, 1.54) is 12.1 Å². The smallest absolute Gasteiger partial charge is 0.245 e. The van der Waals surface area contributed by atoms with E-state index in [-0.39, 0.29) is 30.2 Å². The average Bonchev–Trinajstić information content (AvgIpc) is 3.52. The summed E-state index contributed by atoms with van der Waals surface area (Å²) in [7, 11) is 0. The number of nitrogens with one attached hydrogen (secondary N) is 2. The summed E-state index contributed by atoms with van der Waals surface area (Å²) in [6.45, 7) is 7.39. The Hall–Kier alpha value is -2.52. The highest BCUT2D eigenvalue weighted by Crippen LogP contribution is 2.31. The fraction of sp³-hybridized carbons (Fsp3) is 0.667. The van der Waals surface area contributed by atoms with Crippen molar-refractivity contribution in [2.75, 3.05) is 19.6 Å². The normalized spacial score (nSPS) is 20.2. The van der Waals surface area contributed by atoms with Crippen LogP contribution in [0.4, 0.5) is 4.39 Å². The van der Waals surface area contributed by atoms with Gasteiger partial charge < -0.3 is 15.5 Å². The van der Waals surface area contributed by atoms with Crippen LogP contribution in [0.5, 0.6) is 0 Å². The van der Waals surface area contributed by atoms with Gasteiger partial charge in [0.25, 0.3) is 0 Å². The first-order valence-corrected chi connectivity index (χ1v) is 13.0. The van der Waals surface area contributed by atoms with Crippen molar-refractivity contribution in [3.63, 3.8) is 0 Å². The Morgan fingerprint density at radius 1 is 1.19 bits per heavy atom. The summed E-state index contributed by atoms with van der Waals surface area (Å²) in [5.74, 6) is -0.894. The van der Waals surface area contributed by atoms with Gasteiger partial charge in [0.05, 0.1) is 12.5 Å². The quantitative estimate of drug-likeness (QED) is 0.244. The van der Waals surface area contributed by atoms with E-state index in [9.17, 15) is 24.0 Å². The minimum Gasteiger partial charge on any atom is -0.344 e. The number of benzene rings is 1. The number of hydroxylamine groups is 2. The van der Waals surface area contributed by atoms with Gasteiger partial charge in [0, 0.05) is 25.7 Å². The van der Waals surface area contributed by atoms with Crippen LogP contribution < -0.4 is 10.6 Å². The van der Waals surface area contributed by atoms with Crippen LogP contribution in [-0.2, 0) is 20.9 Å². The van der Waals surface area contributed by atoms with E-state index in [0.717, 1.165) is 37.7 Å². The fourth-order valence-electron chi connectivity index (χ4n) is 5.26. The Morgan fingerprint density at radius 2 is 1.86 bits per heavy atom. The van der Waals surface area contributed by atoms with Crippen molar-refractivity contribution in [1.82, 2.24) is 20.6 Å². The van der Waals surface area contributed by atoms with Crippen LogP contribution in [0.2, 0.25) is 0 Å². The van der Waals surface area contributed by atoms with Gasteiger partial charge in [-0.15, -0.1) is 0 Å². The summed E-state index contributed by atoms with van der Waals surface area (Å²) in [5, 5.41) is 16.7. The van der Waals surface area contributed by atoms with Crippen LogP contribution >= 0.6 is 0 Å². The topological polar surface area (TPSA) is 102 Å². The number of hydrogen-bond acceptors (Lipinski definition) is 5. The molecule has 8 nitrogen and oxygen atoms in total. The summed E-state index contributed by atoms with van der Waals surface area (Å²) in [6.07, 6.45) is 6.02. The number of amides is 3. The zero-order valence-electron chi connectivity index (χ0n) is 21.7. The third-order valence-corrected chi connectivity index (χ3v) is 7.40. The zero-order chi connectivity index (χ0) is 26.3. The van der Waals surface area contributed by atoms with E-state index in [1.54, 1.807) is 17.0 Å². The summed E-state index contributed by atoms with van der Waals surface area (Å²) in [5.41, 5.74) is 0.455. The van der Waals surface area contributed by atoms with Gasteiger partial charge in [0.2, 0.25) is 18.2 Å². The van der Waals surface area contributed by atoms with Gasteiger partial charge in [-0.3, -0.25) is 19.6 Å². The van der Waals surface area contributed by atoms with Crippen LogP contribution in [0.1, 0.15) is 64.9 Å². The summed E-state index contributed by atoms with van der Waals surface area (Å²) in [6, 6.07) is 5.74. The van der Waals surface area contributed by atoms with E-state index >= 15 is 0 Å². The molecule has 1 aliphatic carbocycles. The van der Waals surface area contributed by atoms with E-state index in [2.05, 4.69) is 10.6 Å². The van der Waals surface area contributed by atoms with Crippen LogP contribution in [0, 0.1) is 23.1 Å². The largest absolute Gasteiger partial charge is 0.344 e. The summed E-state index contributed by atoms with van der Waals surface area (Å²) in [4.78, 5) is 39.7. The molecule has 0 radical (unpaired) electrons. The molecule has 0 bridgehead atoms.